The van der Waals surface area contributed by atoms with Gasteiger partial charge in [0.1, 0.15) is 6.67 Å². The molecule has 0 aromatic carbocycles. The minimum absolute atomic E-state index is 0.411. The van der Waals surface area contributed by atoms with Crippen LogP contribution in [0.2, 0.25) is 0 Å². The molecule has 0 heterocycles. The third-order valence-corrected chi connectivity index (χ3v) is 2.38. The summed E-state index contributed by atoms with van der Waals surface area (Å²) >= 11 is 1.61. The van der Waals surface area contributed by atoms with Crippen LogP contribution in [-0.4, -0.2) is 24.2 Å². The maximum Gasteiger partial charge on any atom is 0.108 e. The maximum absolute atomic E-state index is 12.5. The van der Waals surface area contributed by atoms with Gasteiger partial charge in [-0.1, -0.05) is 13.8 Å². The summed E-state index contributed by atoms with van der Waals surface area (Å²) in [5.74, 6) is 1.18. The van der Waals surface area contributed by atoms with E-state index in [4.69, 9.17) is 5.73 Å². The second-order valence-corrected chi connectivity index (χ2v) is 4.39. The van der Waals surface area contributed by atoms with Gasteiger partial charge >= 0.3 is 0 Å². The molecule has 1 nitrogen and oxygen atoms in total. The number of hydrogen-bond acceptors (Lipinski definition) is 2. The maximum atomic E-state index is 12.5. The molecular weight excluding hydrogens is 161 g/mol. The van der Waals surface area contributed by atoms with Gasteiger partial charge in [0.15, 0.2) is 0 Å². The van der Waals surface area contributed by atoms with Crippen LogP contribution < -0.4 is 5.73 Å². The Balaban J connectivity index is 3.87. The number of thioether (sulfide) groups is 1. The van der Waals surface area contributed by atoms with Gasteiger partial charge < -0.3 is 5.73 Å². The van der Waals surface area contributed by atoms with Crippen LogP contribution >= 0.6 is 11.8 Å². The lowest BCUT2D eigenvalue weighted by atomic mass is 9.93. The van der Waals surface area contributed by atoms with Crippen LogP contribution in [0.5, 0.6) is 0 Å². The minimum Gasteiger partial charge on any atom is -0.322 e. The normalized spacial score (nSPS) is 16.9. The van der Waals surface area contributed by atoms with E-state index >= 15 is 0 Å². The Morgan fingerprint density at radius 2 is 2.09 bits per heavy atom. The first-order valence-corrected chi connectivity index (χ1v) is 5.27. The number of nitrogens with two attached hydrogens (primary N) is 1. The molecule has 1 atom stereocenters. The van der Waals surface area contributed by atoms with Crippen molar-refractivity contribution in [1.82, 2.24) is 0 Å². The molecule has 0 aliphatic carbocycles. The van der Waals surface area contributed by atoms with Gasteiger partial charge in [0.2, 0.25) is 0 Å². The molecule has 1 unspecified atom stereocenters. The van der Waals surface area contributed by atoms with Gasteiger partial charge in [-0.15, -0.1) is 0 Å². The van der Waals surface area contributed by atoms with E-state index in [1.54, 1.807) is 11.8 Å². The molecule has 0 amide bonds. The standard InChI is InChI=1S/C8H18FNS/c1-7(2)4-8(10,5-9)6-11-3/h7H,4-6,10H2,1-3H3. The quantitative estimate of drug-likeness (QED) is 0.699. The number of hydrogen-bond donors (Lipinski definition) is 1. The van der Waals surface area contributed by atoms with Crippen molar-refractivity contribution in [2.24, 2.45) is 11.7 Å². The first-order chi connectivity index (χ1) is 5.04. The molecule has 0 aliphatic rings. The van der Waals surface area contributed by atoms with Crippen molar-refractivity contribution >= 4 is 11.8 Å². The van der Waals surface area contributed by atoms with Gasteiger partial charge in [-0.2, -0.15) is 11.8 Å². The lowest BCUT2D eigenvalue weighted by molar-refractivity contribution is 0.287. The highest BCUT2D eigenvalue weighted by Gasteiger charge is 2.25. The van der Waals surface area contributed by atoms with Crippen LogP contribution in [0.4, 0.5) is 4.39 Å². The Morgan fingerprint density at radius 3 is 2.36 bits per heavy atom. The molecule has 0 bridgehead atoms. The molecule has 2 N–H and O–H groups in total. The number of alkyl halides is 1. The van der Waals surface area contributed by atoms with E-state index in [9.17, 15) is 4.39 Å². The van der Waals surface area contributed by atoms with Gasteiger partial charge in [-0.25, -0.2) is 4.39 Å². The molecule has 0 rings (SSSR count). The van der Waals surface area contributed by atoms with Crippen LogP contribution in [0.1, 0.15) is 20.3 Å². The zero-order chi connectivity index (χ0) is 8.91. The summed E-state index contributed by atoms with van der Waals surface area (Å²) in [7, 11) is 0. The minimum atomic E-state index is -0.590. The number of rotatable bonds is 5. The van der Waals surface area contributed by atoms with Gasteiger partial charge in [0.25, 0.3) is 0 Å². The summed E-state index contributed by atoms with van der Waals surface area (Å²) in [6.07, 6.45) is 2.72. The van der Waals surface area contributed by atoms with Crippen molar-refractivity contribution in [2.45, 2.75) is 25.8 Å². The third kappa shape index (κ3) is 4.64. The smallest absolute Gasteiger partial charge is 0.108 e. The fraction of sp³-hybridized carbons (Fsp3) is 1.00. The zero-order valence-electron chi connectivity index (χ0n) is 7.56. The van der Waals surface area contributed by atoms with Gasteiger partial charge in [-0.05, 0) is 18.6 Å². The van der Waals surface area contributed by atoms with E-state index in [0.29, 0.717) is 11.7 Å². The summed E-state index contributed by atoms with van der Waals surface area (Å²) in [4.78, 5) is 0. The SMILES string of the molecule is CSCC(N)(CF)CC(C)C. The van der Waals surface area contributed by atoms with Gasteiger partial charge in [-0.3, -0.25) is 0 Å². The monoisotopic (exact) mass is 179 g/mol. The van der Waals surface area contributed by atoms with Gasteiger partial charge in [0.05, 0.1) is 5.54 Å². The lowest BCUT2D eigenvalue weighted by Gasteiger charge is -2.27. The molecule has 0 saturated heterocycles. The third-order valence-electron chi connectivity index (χ3n) is 1.51. The van der Waals surface area contributed by atoms with Crippen molar-refractivity contribution in [3.05, 3.63) is 0 Å². The van der Waals surface area contributed by atoms with Crippen LogP contribution in [-0.2, 0) is 0 Å². The molecule has 0 spiro atoms. The second-order valence-electron chi connectivity index (χ2n) is 3.53. The van der Waals surface area contributed by atoms with Crippen molar-refractivity contribution in [3.63, 3.8) is 0 Å². The fourth-order valence-corrected chi connectivity index (χ4v) is 2.02. The van der Waals surface area contributed by atoms with E-state index in [1.165, 1.54) is 0 Å². The molecule has 0 radical (unpaired) electrons. The molecule has 0 aromatic heterocycles. The largest absolute Gasteiger partial charge is 0.322 e. The summed E-state index contributed by atoms with van der Waals surface area (Å²) in [6, 6.07) is 0. The highest BCUT2D eigenvalue weighted by atomic mass is 32.2. The lowest BCUT2D eigenvalue weighted by Crippen LogP contribution is -2.45. The Labute approximate surface area is 72.9 Å². The van der Waals surface area contributed by atoms with Gasteiger partial charge in [0, 0.05) is 5.75 Å². The van der Waals surface area contributed by atoms with Crippen LogP contribution in [0, 0.1) is 5.92 Å². The fourth-order valence-electron chi connectivity index (χ4n) is 1.25. The van der Waals surface area contributed by atoms with Crippen molar-refractivity contribution in [2.75, 3.05) is 18.7 Å². The first kappa shape index (κ1) is 11.2. The van der Waals surface area contributed by atoms with Crippen LogP contribution in [0.15, 0.2) is 0 Å². The van der Waals surface area contributed by atoms with E-state index in [2.05, 4.69) is 13.8 Å². The van der Waals surface area contributed by atoms with Crippen molar-refractivity contribution < 1.29 is 4.39 Å². The average molecular weight is 179 g/mol. The molecule has 3 heteroatoms. The topological polar surface area (TPSA) is 26.0 Å². The predicted octanol–water partition coefficient (Wildman–Crippen LogP) is 2.06. The predicted molar refractivity (Wildman–Crippen MR) is 50.7 cm³/mol. The number of halogens is 1. The zero-order valence-corrected chi connectivity index (χ0v) is 8.38. The molecular formula is C8H18FNS. The molecule has 0 fully saturated rings. The second kappa shape index (κ2) is 4.99. The highest BCUT2D eigenvalue weighted by Crippen LogP contribution is 2.18. The van der Waals surface area contributed by atoms with E-state index < -0.39 is 12.2 Å². The molecule has 11 heavy (non-hydrogen) atoms. The van der Waals surface area contributed by atoms with E-state index in [-0.39, 0.29) is 0 Å². The summed E-state index contributed by atoms with van der Waals surface area (Å²) in [6.45, 7) is 3.72. The Hall–Kier alpha value is 0.240. The molecule has 0 aromatic rings. The van der Waals surface area contributed by atoms with Crippen LogP contribution in [0.25, 0.3) is 0 Å². The summed E-state index contributed by atoms with van der Waals surface area (Å²) in [5.41, 5.74) is 5.22. The Kier molecular flexibility index (Phi) is 5.10. The van der Waals surface area contributed by atoms with Crippen molar-refractivity contribution in [3.8, 4) is 0 Å². The molecule has 0 aliphatic heterocycles. The summed E-state index contributed by atoms with van der Waals surface area (Å²) < 4.78 is 12.5. The molecule has 0 saturated carbocycles. The molecule has 68 valence electrons. The Morgan fingerprint density at radius 1 is 1.55 bits per heavy atom. The Bertz CT molecular complexity index is 108. The van der Waals surface area contributed by atoms with E-state index in [1.807, 2.05) is 6.26 Å². The van der Waals surface area contributed by atoms with Crippen molar-refractivity contribution in [1.29, 1.82) is 0 Å². The highest BCUT2D eigenvalue weighted by molar-refractivity contribution is 7.98. The van der Waals surface area contributed by atoms with Crippen LogP contribution in [0.3, 0.4) is 0 Å². The van der Waals surface area contributed by atoms with E-state index in [0.717, 1.165) is 6.42 Å². The summed E-state index contributed by atoms with van der Waals surface area (Å²) in [5, 5.41) is 0. The average Bonchev–Trinajstić information content (AvgIpc) is 1.87. The first-order valence-electron chi connectivity index (χ1n) is 3.88.